The van der Waals surface area contributed by atoms with E-state index >= 15 is 0 Å². The highest BCUT2D eigenvalue weighted by molar-refractivity contribution is 5.77. The summed E-state index contributed by atoms with van der Waals surface area (Å²) in [5, 5.41) is 3.03. The summed E-state index contributed by atoms with van der Waals surface area (Å²) in [4.78, 5) is 12.8. The molecule has 3 rings (SSSR count). The molecule has 2 aromatic carbocycles. The fourth-order valence-electron chi connectivity index (χ4n) is 3.44. The Balaban J connectivity index is 1.69. The van der Waals surface area contributed by atoms with Crippen LogP contribution in [0.5, 0.6) is 11.5 Å². The molecule has 5 nitrogen and oxygen atoms in total. The number of nitrogens with zero attached hydrogens (tertiary/aromatic N) is 1. The molecule has 3 aromatic rings. The molecule has 152 valence electrons. The van der Waals surface area contributed by atoms with Crippen molar-refractivity contribution in [2.75, 3.05) is 13.7 Å². The maximum atomic E-state index is 12.8. The van der Waals surface area contributed by atoms with Gasteiger partial charge in [-0.1, -0.05) is 30.3 Å². The lowest BCUT2D eigenvalue weighted by molar-refractivity contribution is -0.121. The van der Waals surface area contributed by atoms with Gasteiger partial charge in [0.1, 0.15) is 0 Å². The van der Waals surface area contributed by atoms with Crippen molar-refractivity contribution in [1.29, 1.82) is 0 Å². The molecule has 1 heterocycles. The molecule has 0 saturated heterocycles. The number of methoxy groups -OCH3 is 1. The maximum Gasteiger partial charge on any atom is 0.222 e. The minimum Gasteiger partial charge on any atom is -0.493 e. The Morgan fingerprint density at radius 3 is 2.52 bits per heavy atom. The molecule has 1 amide bonds. The fourth-order valence-corrected chi connectivity index (χ4v) is 3.44. The molecule has 1 unspecified atom stereocenters. The van der Waals surface area contributed by atoms with Crippen LogP contribution in [0.2, 0.25) is 0 Å². The summed E-state index contributed by atoms with van der Waals surface area (Å²) >= 11 is 0. The summed E-state index contributed by atoms with van der Waals surface area (Å²) < 4.78 is 13.0. The SMILES string of the molecule is CCOc1ccc(CNC(=O)CC(c2ccccc2C)n2cccc2)cc1OC. The average Bonchev–Trinajstić information content (AvgIpc) is 3.26. The van der Waals surface area contributed by atoms with E-state index in [2.05, 4.69) is 28.9 Å². The number of aromatic nitrogens is 1. The Kier molecular flexibility index (Phi) is 6.95. The van der Waals surface area contributed by atoms with Crippen LogP contribution >= 0.6 is 0 Å². The molecule has 1 atom stereocenters. The first-order chi connectivity index (χ1) is 14.1. The monoisotopic (exact) mass is 392 g/mol. The molecule has 1 aromatic heterocycles. The molecular formula is C24H28N2O3. The minimum absolute atomic E-state index is 0.000181. The van der Waals surface area contributed by atoms with Gasteiger partial charge in [-0.15, -0.1) is 0 Å². The third-order valence-corrected chi connectivity index (χ3v) is 4.93. The quantitative estimate of drug-likeness (QED) is 0.583. The number of rotatable bonds is 9. The van der Waals surface area contributed by atoms with Crippen molar-refractivity contribution < 1.29 is 14.3 Å². The molecule has 5 heteroatoms. The number of carbonyl (C=O) groups is 1. The normalized spacial score (nSPS) is 11.7. The van der Waals surface area contributed by atoms with E-state index < -0.39 is 0 Å². The largest absolute Gasteiger partial charge is 0.493 e. The molecule has 29 heavy (non-hydrogen) atoms. The van der Waals surface area contributed by atoms with E-state index in [0.717, 1.165) is 11.1 Å². The minimum atomic E-state index is -0.0407. The highest BCUT2D eigenvalue weighted by Gasteiger charge is 2.19. The predicted molar refractivity (Wildman–Crippen MR) is 114 cm³/mol. The zero-order chi connectivity index (χ0) is 20.6. The van der Waals surface area contributed by atoms with Gasteiger partial charge in [-0.25, -0.2) is 0 Å². The maximum absolute atomic E-state index is 12.8. The Bertz CT molecular complexity index is 935. The number of nitrogens with one attached hydrogen (secondary N) is 1. The number of ether oxygens (including phenoxy) is 2. The van der Waals surface area contributed by atoms with Crippen molar-refractivity contribution in [3.8, 4) is 11.5 Å². The van der Waals surface area contributed by atoms with Crippen LogP contribution in [-0.2, 0) is 11.3 Å². The summed E-state index contributed by atoms with van der Waals surface area (Å²) in [7, 11) is 1.62. The highest BCUT2D eigenvalue weighted by atomic mass is 16.5. The molecular weight excluding hydrogens is 364 g/mol. The average molecular weight is 392 g/mol. The van der Waals surface area contributed by atoms with Crippen molar-refractivity contribution in [2.45, 2.75) is 32.9 Å². The van der Waals surface area contributed by atoms with Crippen LogP contribution in [0.15, 0.2) is 67.0 Å². The van der Waals surface area contributed by atoms with Gasteiger partial charge in [-0.2, -0.15) is 0 Å². The second kappa shape index (κ2) is 9.82. The molecule has 0 aliphatic heterocycles. The summed E-state index contributed by atoms with van der Waals surface area (Å²) in [6.45, 7) is 5.03. The Morgan fingerprint density at radius 2 is 1.83 bits per heavy atom. The first-order valence-corrected chi connectivity index (χ1v) is 9.86. The lowest BCUT2D eigenvalue weighted by atomic mass is 9.98. The summed E-state index contributed by atoms with van der Waals surface area (Å²) in [5.41, 5.74) is 3.30. The number of carbonyl (C=O) groups excluding carboxylic acids is 1. The van der Waals surface area contributed by atoms with E-state index in [-0.39, 0.29) is 11.9 Å². The number of hydrogen-bond acceptors (Lipinski definition) is 3. The van der Waals surface area contributed by atoms with Crippen LogP contribution < -0.4 is 14.8 Å². The van der Waals surface area contributed by atoms with E-state index in [1.807, 2.05) is 61.8 Å². The Morgan fingerprint density at radius 1 is 1.07 bits per heavy atom. The van der Waals surface area contributed by atoms with E-state index in [1.165, 1.54) is 5.56 Å². The molecule has 0 aliphatic rings. The molecule has 0 saturated carbocycles. The summed E-state index contributed by atoms with van der Waals surface area (Å²) in [6, 6.07) is 17.8. The number of aryl methyl sites for hydroxylation is 1. The zero-order valence-corrected chi connectivity index (χ0v) is 17.2. The first-order valence-electron chi connectivity index (χ1n) is 9.86. The van der Waals surface area contributed by atoms with Crippen LogP contribution in [-0.4, -0.2) is 24.2 Å². The molecule has 1 N–H and O–H groups in total. The standard InChI is InChI=1S/C24H28N2O3/c1-4-29-22-12-11-19(15-23(22)28-3)17-25-24(27)16-21(26-13-7-8-14-26)20-10-6-5-9-18(20)2/h5-15,21H,4,16-17H2,1-3H3,(H,25,27). The van der Waals surface area contributed by atoms with Gasteiger partial charge in [-0.3, -0.25) is 4.79 Å². The third-order valence-electron chi connectivity index (χ3n) is 4.93. The van der Waals surface area contributed by atoms with Crippen LogP contribution in [0.3, 0.4) is 0 Å². The first kappa shape index (κ1) is 20.5. The molecule has 0 spiro atoms. The fraction of sp³-hybridized carbons (Fsp3) is 0.292. The van der Waals surface area contributed by atoms with Crippen molar-refractivity contribution >= 4 is 5.91 Å². The zero-order valence-electron chi connectivity index (χ0n) is 17.2. The molecule has 0 aliphatic carbocycles. The van der Waals surface area contributed by atoms with Crippen molar-refractivity contribution in [2.24, 2.45) is 0 Å². The van der Waals surface area contributed by atoms with Gasteiger partial charge in [0, 0.05) is 18.9 Å². The number of benzene rings is 2. The molecule has 0 fully saturated rings. The van der Waals surface area contributed by atoms with Gasteiger partial charge in [0.15, 0.2) is 11.5 Å². The Labute approximate surface area is 172 Å². The highest BCUT2D eigenvalue weighted by Crippen LogP contribution is 2.28. The predicted octanol–water partition coefficient (Wildman–Crippen LogP) is 4.50. The van der Waals surface area contributed by atoms with Crippen molar-refractivity contribution in [3.05, 3.63) is 83.7 Å². The number of hydrogen-bond donors (Lipinski definition) is 1. The Hall–Kier alpha value is -3.21. The second-order valence-corrected chi connectivity index (χ2v) is 6.90. The van der Waals surface area contributed by atoms with Gasteiger partial charge >= 0.3 is 0 Å². The van der Waals surface area contributed by atoms with Gasteiger partial charge < -0.3 is 19.4 Å². The van der Waals surface area contributed by atoms with Crippen LogP contribution in [0, 0.1) is 6.92 Å². The van der Waals surface area contributed by atoms with Gasteiger partial charge in [0.25, 0.3) is 0 Å². The van der Waals surface area contributed by atoms with E-state index in [4.69, 9.17) is 9.47 Å². The van der Waals surface area contributed by atoms with Crippen LogP contribution in [0.1, 0.15) is 36.1 Å². The lowest BCUT2D eigenvalue weighted by Gasteiger charge is -2.21. The van der Waals surface area contributed by atoms with E-state index in [1.54, 1.807) is 7.11 Å². The van der Waals surface area contributed by atoms with Crippen molar-refractivity contribution in [3.63, 3.8) is 0 Å². The molecule has 0 radical (unpaired) electrons. The van der Waals surface area contributed by atoms with Gasteiger partial charge in [0.2, 0.25) is 5.91 Å². The third kappa shape index (κ3) is 5.19. The summed E-state index contributed by atoms with van der Waals surface area (Å²) in [6.07, 6.45) is 4.37. The summed E-state index contributed by atoms with van der Waals surface area (Å²) in [5.74, 6) is 1.38. The lowest BCUT2D eigenvalue weighted by Crippen LogP contribution is -2.26. The van der Waals surface area contributed by atoms with Gasteiger partial charge in [0.05, 0.1) is 26.2 Å². The van der Waals surface area contributed by atoms with Crippen LogP contribution in [0.25, 0.3) is 0 Å². The van der Waals surface area contributed by atoms with Crippen LogP contribution in [0.4, 0.5) is 0 Å². The van der Waals surface area contributed by atoms with E-state index in [9.17, 15) is 4.79 Å². The topological polar surface area (TPSA) is 52.5 Å². The second-order valence-electron chi connectivity index (χ2n) is 6.90. The van der Waals surface area contributed by atoms with E-state index in [0.29, 0.717) is 31.1 Å². The number of amides is 1. The van der Waals surface area contributed by atoms with Crippen molar-refractivity contribution in [1.82, 2.24) is 9.88 Å². The van der Waals surface area contributed by atoms with Gasteiger partial charge in [-0.05, 0) is 54.8 Å². The molecule has 0 bridgehead atoms. The smallest absolute Gasteiger partial charge is 0.222 e.